The number of aliphatic carboxylic acids is 1. The molecule has 0 aliphatic heterocycles. The van der Waals surface area contributed by atoms with E-state index in [0.29, 0.717) is 5.56 Å². The largest absolute Gasteiger partial charge is 0.506 e. The van der Waals surface area contributed by atoms with Gasteiger partial charge in [0.05, 0.1) is 10.3 Å². The Labute approximate surface area is 106 Å². The number of rotatable bonds is 3. The van der Waals surface area contributed by atoms with Crippen molar-refractivity contribution in [2.24, 2.45) is 0 Å². The van der Waals surface area contributed by atoms with E-state index in [4.69, 9.17) is 5.11 Å². The molecule has 1 aromatic heterocycles. The highest BCUT2D eigenvalue weighted by Crippen LogP contribution is 2.33. The molecule has 7 nitrogen and oxygen atoms in total. The quantitative estimate of drug-likeness (QED) is 0.495. The average Bonchev–Trinajstić information content (AvgIpc) is 2.36. The molecule has 0 saturated heterocycles. The smallest absolute Gasteiger partial charge is 0.328 e. The second-order valence-electron chi connectivity index (χ2n) is 3.66. The third-order valence-electron chi connectivity index (χ3n) is 2.48. The first-order valence-electron chi connectivity index (χ1n) is 5.17. The van der Waals surface area contributed by atoms with Gasteiger partial charge in [-0.25, -0.2) is 4.79 Å². The Morgan fingerprint density at radius 1 is 1.37 bits per heavy atom. The maximum Gasteiger partial charge on any atom is 0.328 e. The lowest BCUT2D eigenvalue weighted by molar-refractivity contribution is -0.383. The number of hydrogen-bond acceptors (Lipinski definition) is 5. The van der Waals surface area contributed by atoms with E-state index in [1.165, 1.54) is 24.4 Å². The SMILES string of the molecule is O=C(O)C=Cc1ccnc2c(O)ccc([N+](=O)[O-])c12. The molecule has 0 bridgehead atoms. The molecular formula is C12H8N2O5. The summed E-state index contributed by atoms with van der Waals surface area (Å²) in [5, 5.41) is 29.3. The normalized spacial score (nSPS) is 10.9. The lowest BCUT2D eigenvalue weighted by atomic mass is 10.1. The van der Waals surface area contributed by atoms with Crippen molar-refractivity contribution in [1.82, 2.24) is 4.98 Å². The number of nitrogens with zero attached hydrogens (tertiary/aromatic N) is 2. The van der Waals surface area contributed by atoms with Gasteiger partial charge in [-0.3, -0.25) is 15.1 Å². The van der Waals surface area contributed by atoms with Gasteiger partial charge in [-0.2, -0.15) is 0 Å². The van der Waals surface area contributed by atoms with Crippen LogP contribution in [-0.4, -0.2) is 26.1 Å². The number of phenolic OH excluding ortho intramolecular Hbond substituents is 1. The number of aromatic hydroxyl groups is 1. The van der Waals surface area contributed by atoms with Gasteiger partial charge in [0.2, 0.25) is 0 Å². The maximum absolute atomic E-state index is 11.0. The number of carboxylic acid groups (broad SMARTS) is 1. The fourth-order valence-corrected chi connectivity index (χ4v) is 1.71. The van der Waals surface area contributed by atoms with Gasteiger partial charge in [-0.15, -0.1) is 0 Å². The van der Waals surface area contributed by atoms with Gasteiger partial charge in [0.15, 0.2) is 0 Å². The third-order valence-corrected chi connectivity index (χ3v) is 2.48. The number of hydrogen-bond donors (Lipinski definition) is 2. The van der Waals surface area contributed by atoms with Crippen molar-refractivity contribution in [3.63, 3.8) is 0 Å². The lowest BCUT2D eigenvalue weighted by Crippen LogP contribution is -1.93. The standard InChI is InChI=1S/C12H8N2O5/c15-9-3-2-8(14(18)19)11-7(1-4-10(16)17)5-6-13-12(9)11/h1-6,15H,(H,16,17). The zero-order valence-electron chi connectivity index (χ0n) is 9.48. The van der Waals surface area contributed by atoms with Crippen molar-refractivity contribution in [3.8, 4) is 5.75 Å². The maximum atomic E-state index is 11.0. The van der Waals surface area contributed by atoms with E-state index < -0.39 is 10.9 Å². The Balaban J connectivity index is 2.81. The van der Waals surface area contributed by atoms with E-state index in [-0.39, 0.29) is 22.3 Å². The molecule has 2 rings (SSSR count). The number of fused-ring (bicyclic) bond motifs is 1. The number of carbonyl (C=O) groups is 1. The van der Waals surface area contributed by atoms with Crippen LogP contribution in [0.2, 0.25) is 0 Å². The topological polar surface area (TPSA) is 114 Å². The highest BCUT2D eigenvalue weighted by atomic mass is 16.6. The highest BCUT2D eigenvalue weighted by Gasteiger charge is 2.17. The second kappa shape index (κ2) is 4.73. The summed E-state index contributed by atoms with van der Waals surface area (Å²) < 4.78 is 0. The number of carboxylic acids is 1. The Morgan fingerprint density at radius 2 is 2.11 bits per heavy atom. The average molecular weight is 260 g/mol. The first-order chi connectivity index (χ1) is 9.00. The lowest BCUT2D eigenvalue weighted by Gasteiger charge is -2.04. The molecule has 0 aliphatic rings. The van der Waals surface area contributed by atoms with E-state index in [1.807, 2.05) is 0 Å². The van der Waals surface area contributed by atoms with Gasteiger partial charge < -0.3 is 10.2 Å². The number of nitro groups is 1. The van der Waals surface area contributed by atoms with Gasteiger partial charge in [-0.05, 0) is 23.8 Å². The molecule has 0 aliphatic carbocycles. The minimum Gasteiger partial charge on any atom is -0.506 e. The number of pyridine rings is 1. The van der Waals surface area contributed by atoms with Crippen molar-refractivity contribution in [2.75, 3.05) is 0 Å². The summed E-state index contributed by atoms with van der Waals surface area (Å²) in [6, 6.07) is 3.77. The minimum atomic E-state index is -1.17. The van der Waals surface area contributed by atoms with Crippen LogP contribution in [-0.2, 0) is 4.79 Å². The molecule has 0 atom stereocenters. The molecule has 0 spiro atoms. The zero-order valence-corrected chi connectivity index (χ0v) is 9.48. The minimum absolute atomic E-state index is 0.0572. The molecule has 0 radical (unpaired) electrons. The summed E-state index contributed by atoms with van der Waals surface area (Å²) in [4.78, 5) is 24.7. The zero-order chi connectivity index (χ0) is 14.0. The monoisotopic (exact) mass is 260 g/mol. The van der Waals surface area contributed by atoms with Gasteiger partial charge in [-0.1, -0.05) is 0 Å². The van der Waals surface area contributed by atoms with Crippen LogP contribution in [0.5, 0.6) is 5.75 Å². The van der Waals surface area contributed by atoms with Gasteiger partial charge in [0, 0.05) is 18.3 Å². The predicted molar refractivity (Wildman–Crippen MR) is 66.7 cm³/mol. The highest BCUT2D eigenvalue weighted by molar-refractivity contribution is 6.00. The van der Waals surface area contributed by atoms with Crippen LogP contribution >= 0.6 is 0 Å². The van der Waals surface area contributed by atoms with Crippen LogP contribution in [0.25, 0.3) is 17.0 Å². The van der Waals surface area contributed by atoms with E-state index in [1.54, 1.807) is 0 Å². The van der Waals surface area contributed by atoms with E-state index in [0.717, 1.165) is 12.1 Å². The molecule has 0 unspecified atom stereocenters. The number of phenols is 1. The van der Waals surface area contributed by atoms with E-state index >= 15 is 0 Å². The molecule has 2 aromatic rings. The molecular weight excluding hydrogens is 252 g/mol. The van der Waals surface area contributed by atoms with Crippen LogP contribution in [0, 0.1) is 10.1 Å². The van der Waals surface area contributed by atoms with Crippen molar-refractivity contribution in [3.05, 3.63) is 46.1 Å². The summed E-state index contributed by atoms with van der Waals surface area (Å²) in [5.41, 5.74) is 0.114. The molecule has 0 amide bonds. The Hall–Kier alpha value is -2.96. The summed E-state index contributed by atoms with van der Waals surface area (Å²) in [7, 11) is 0. The van der Waals surface area contributed by atoms with Gasteiger partial charge >= 0.3 is 5.97 Å². The molecule has 19 heavy (non-hydrogen) atoms. The van der Waals surface area contributed by atoms with Crippen LogP contribution in [0.1, 0.15) is 5.56 Å². The number of benzene rings is 1. The molecule has 1 heterocycles. The van der Waals surface area contributed by atoms with E-state index in [2.05, 4.69) is 4.98 Å². The van der Waals surface area contributed by atoms with Gasteiger partial charge in [0.25, 0.3) is 5.69 Å². The Morgan fingerprint density at radius 3 is 2.74 bits per heavy atom. The van der Waals surface area contributed by atoms with Gasteiger partial charge in [0.1, 0.15) is 11.3 Å². The van der Waals surface area contributed by atoms with Crippen LogP contribution in [0.4, 0.5) is 5.69 Å². The molecule has 96 valence electrons. The number of nitro benzene ring substituents is 1. The van der Waals surface area contributed by atoms with E-state index in [9.17, 15) is 20.0 Å². The van der Waals surface area contributed by atoms with Crippen molar-refractivity contribution < 1.29 is 19.9 Å². The predicted octanol–water partition coefficient (Wildman–Crippen LogP) is 1.95. The van der Waals surface area contributed by atoms with Crippen LogP contribution < -0.4 is 0 Å². The molecule has 7 heteroatoms. The molecule has 2 N–H and O–H groups in total. The van der Waals surface area contributed by atoms with Crippen molar-refractivity contribution in [1.29, 1.82) is 0 Å². The van der Waals surface area contributed by atoms with Crippen molar-refractivity contribution in [2.45, 2.75) is 0 Å². The number of aromatic nitrogens is 1. The summed E-state index contributed by atoms with van der Waals surface area (Å²) >= 11 is 0. The first kappa shape index (κ1) is 12.5. The first-order valence-corrected chi connectivity index (χ1v) is 5.17. The second-order valence-corrected chi connectivity index (χ2v) is 3.66. The Bertz CT molecular complexity index is 709. The number of non-ortho nitro benzene ring substituents is 1. The fraction of sp³-hybridized carbons (Fsp3) is 0. The summed E-state index contributed by atoms with van der Waals surface area (Å²) in [5.74, 6) is -1.38. The molecule has 0 saturated carbocycles. The summed E-state index contributed by atoms with van der Waals surface area (Å²) in [6.45, 7) is 0. The third kappa shape index (κ3) is 2.34. The van der Waals surface area contributed by atoms with Crippen LogP contribution in [0.15, 0.2) is 30.5 Å². The fourth-order valence-electron chi connectivity index (χ4n) is 1.71. The molecule has 0 fully saturated rings. The van der Waals surface area contributed by atoms with Crippen LogP contribution in [0.3, 0.4) is 0 Å². The molecule has 1 aromatic carbocycles. The van der Waals surface area contributed by atoms with Crippen molar-refractivity contribution >= 4 is 28.6 Å². The summed E-state index contributed by atoms with van der Waals surface area (Å²) in [6.07, 6.45) is 3.43. The Kier molecular flexibility index (Phi) is 3.11.